The van der Waals surface area contributed by atoms with E-state index in [4.69, 9.17) is 4.74 Å². The molecule has 2 rings (SSSR count). The van der Waals surface area contributed by atoms with Crippen molar-refractivity contribution in [1.82, 2.24) is 16.2 Å². The zero-order valence-corrected chi connectivity index (χ0v) is 15.2. The molecular weight excluding hydrogens is 334 g/mol. The van der Waals surface area contributed by atoms with Crippen LogP contribution in [0.3, 0.4) is 0 Å². The normalized spacial score (nSPS) is 14.3. The highest BCUT2D eigenvalue weighted by Gasteiger charge is 2.21. The van der Waals surface area contributed by atoms with Gasteiger partial charge < -0.3 is 10.1 Å². The summed E-state index contributed by atoms with van der Waals surface area (Å²) in [5.74, 6) is -0.460. The fraction of sp³-hybridized carbons (Fsp3) is 0.526. The number of rotatable bonds is 7. The van der Waals surface area contributed by atoms with Crippen LogP contribution in [0, 0.1) is 5.92 Å². The maximum atomic E-state index is 11.9. The summed E-state index contributed by atoms with van der Waals surface area (Å²) < 4.78 is 5.34. The molecule has 1 fully saturated rings. The highest BCUT2D eigenvalue weighted by Crippen LogP contribution is 2.23. The maximum Gasteiger partial charge on any atom is 0.276 e. The van der Waals surface area contributed by atoms with E-state index in [9.17, 15) is 14.4 Å². The molecule has 1 aromatic rings. The van der Waals surface area contributed by atoms with Gasteiger partial charge in [-0.1, -0.05) is 38.3 Å². The highest BCUT2D eigenvalue weighted by molar-refractivity contribution is 5.87. The molecule has 7 heteroatoms. The fourth-order valence-corrected chi connectivity index (χ4v) is 2.87. The molecule has 3 amide bonds. The molecule has 0 atom stereocenters. The number of carbonyl (C=O) groups excluding carboxylic acids is 3. The minimum absolute atomic E-state index is 0.00126. The Morgan fingerprint density at radius 3 is 2.31 bits per heavy atom. The summed E-state index contributed by atoms with van der Waals surface area (Å²) >= 11 is 0. The van der Waals surface area contributed by atoms with E-state index in [1.54, 1.807) is 12.1 Å². The summed E-state index contributed by atoms with van der Waals surface area (Å²) in [6, 6.07) is 7.46. The third-order valence-electron chi connectivity index (χ3n) is 4.44. The smallest absolute Gasteiger partial charge is 0.276 e. The predicted molar refractivity (Wildman–Crippen MR) is 97.2 cm³/mol. The molecule has 7 nitrogen and oxygen atoms in total. The Labute approximate surface area is 153 Å². The van der Waals surface area contributed by atoms with Crippen LogP contribution in [0.25, 0.3) is 0 Å². The van der Waals surface area contributed by atoms with Crippen molar-refractivity contribution in [3.63, 3.8) is 0 Å². The van der Waals surface area contributed by atoms with E-state index in [-0.39, 0.29) is 25.0 Å². The molecule has 0 spiro atoms. The van der Waals surface area contributed by atoms with E-state index in [1.807, 2.05) is 12.1 Å². The number of hydrazine groups is 1. The molecule has 1 aromatic carbocycles. The quantitative estimate of drug-likeness (QED) is 0.641. The van der Waals surface area contributed by atoms with Crippen molar-refractivity contribution in [2.75, 3.05) is 13.2 Å². The summed E-state index contributed by atoms with van der Waals surface area (Å²) in [6.07, 6.45) is 5.97. The molecule has 0 radical (unpaired) electrons. The van der Waals surface area contributed by atoms with E-state index in [0.29, 0.717) is 5.75 Å². The van der Waals surface area contributed by atoms with Gasteiger partial charge in [0.1, 0.15) is 5.75 Å². The van der Waals surface area contributed by atoms with Crippen molar-refractivity contribution in [3.8, 4) is 5.75 Å². The molecule has 0 bridgehead atoms. The van der Waals surface area contributed by atoms with E-state index < -0.39 is 11.8 Å². The summed E-state index contributed by atoms with van der Waals surface area (Å²) in [5, 5.41) is 2.61. The number of nitrogens with one attached hydrogen (secondary N) is 3. The van der Waals surface area contributed by atoms with E-state index >= 15 is 0 Å². The average molecular weight is 361 g/mol. The van der Waals surface area contributed by atoms with Gasteiger partial charge in [-0.15, -0.1) is 0 Å². The largest absolute Gasteiger partial charge is 0.484 e. The van der Waals surface area contributed by atoms with Gasteiger partial charge >= 0.3 is 0 Å². The Hall–Kier alpha value is -2.57. The first-order valence-corrected chi connectivity index (χ1v) is 9.15. The number of carbonyl (C=O) groups is 3. The third-order valence-corrected chi connectivity index (χ3v) is 4.44. The van der Waals surface area contributed by atoms with Crippen molar-refractivity contribution in [3.05, 3.63) is 29.8 Å². The van der Waals surface area contributed by atoms with Crippen molar-refractivity contribution in [2.45, 2.75) is 45.4 Å². The van der Waals surface area contributed by atoms with E-state index in [2.05, 4.69) is 23.1 Å². The lowest BCUT2D eigenvalue weighted by Gasteiger charge is -2.20. The van der Waals surface area contributed by atoms with Crippen LogP contribution in [0.5, 0.6) is 5.75 Å². The van der Waals surface area contributed by atoms with Gasteiger partial charge in [0.15, 0.2) is 6.61 Å². The van der Waals surface area contributed by atoms with Gasteiger partial charge in [0.05, 0.1) is 6.54 Å². The Morgan fingerprint density at radius 1 is 1.00 bits per heavy atom. The summed E-state index contributed by atoms with van der Waals surface area (Å²) in [7, 11) is 0. The molecule has 1 aliphatic rings. The molecule has 142 valence electrons. The van der Waals surface area contributed by atoms with Gasteiger partial charge in [0.25, 0.3) is 11.8 Å². The van der Waals surface area contributed by atoms with Crippen LogP contribution in [0.2, 0.25) is 0 Å². The molecular formula is C19H27N3O4. The summed E-state index contributed by atoms with van der Waals surface area (Å²) in [4.78, 5) is 35.3. The Kier molecular flexibility index (Phi) is 7.92. The number of amides is 3. The molecule has 3 N–H and O–H groups in total. The zero-order chi connectivity index (χ0) is 18.8. The maximum absolute atomic E-state index is 11.9. The lowest BCUT2D eigenvalue weighted by atomic mass is 9.89. The number of hydrogen-bond donors (Lipinski definition) is 3. The predicted octanol–water partition coefficient (Wildman–Crippen LogP) is 1.47. The van der Waals surface area contributed by atoms with Gasteiger partial charge in [-0.2, -0.15) is 0 Å². The molecule has 0 aliphatic heterocycles. The second-order valence-electron chi connectivity index (χ2n) is 6.44. The number of hydrogen-bond acceptors (Lipinski definition) is 4. The lowest BCUT2D eigenvalue weighted by molar-refractivity contribution is -0.131. The molecule has 0 aromatic heterocycles. The Morgan fingerprint density at radius 2 is 1.65 bits per heavy atom. The summed E-state index contributed by atoms with van der Waals surface area (Å²) in [5.41, 5.74) is 5.71. The Bertz CT molecular complexity index is 610. The highest BCUT2D eigenvalue weighted by atomic mass is 16.5. The van der Waals surface area contributed by atoms with Crippen molar-refractivity contribution in [2.24, 2.45) is 5.92 Å². The van der Waals surface area contributed by atoms with E-state index in [1.165, 1.54) is 12.0 Å². The van der Waals surface area contributed by atoms with Crippen molar-refractivity contribution < 1.29 is 19.1 Å². The molecule has 0 unspecified atom stereocenters. The third kappa shape index (κ3) is 6.74. The van der Waals surface area contributed by atoms with Crippen LogP contribution >= 0.6 is 0 Å². The molecule has 0 heterocycles. The molecule has 1 saturated carbocycles. The van der Waals surface area contributed by atoms with Gasteiger partial charge in [0, 0.05) is 5.92 Å². The van der Waals surface area contributed by atoms with Gasteiger partial charge in [-0.3, -0.25) is 25.2 Å². The van der Waals surface area contributed by atoms with Crippen LogP contribution in [0.4, 0.5) is 0 Å². The lowest BCUT2D eigenvalue weighted by Crippen LogP contribution is -2.48. The van der Waals surface area contributed by atoms with Crippen LogP contribution in [-0.2, 0) is 20.8 Å². The van der Waals surface area contributed by atoms with Crippen molar-refractivity contribution >= 4 is 17.7 Å². The van der Waals surface area contributed by atoms with E-state index in [0.717, 1.165) is 32.1 Å². The van der Waals surface area contributed by atoms with Crippen LogP contribution in [-0.4, -0.2) is 30.9 Å². The Balaban J connectivity index is 1.60. The molecule has 1 aliphatic carbocycles. The van der Waals surface area contributed by atoms with Gasteiger partial charge in [0.2, 0.25) is 5.91 Å². The van der Waals surface area contributed by atoms with Crippen LogP contribution in [0.1, 0.15) is 44.6 Å². The van der Waals surface area contributed by atoms with Crippen molar-refractivity contribution in [1.29, 1.82) is 0 Å². The second kappa shape index (κ2) is 10.4. The van der Waals surface area contributed by atoms with Gasteiger partial charge in [-0.25, -0.2) is 0 Å². The minimum Gasteiger partial charge on any atom is -0.484 e. The van der Waals surface area contributed by atoms with Gasteiger partial charge in [-0.05, 0) is 37.0 Å². The number of aryl methyl sites for hydroxylation is 1. The fourth-order valence-electron chi connectivity index (χ4n) is 2.87. The molecule has 0 saturated heterocycles. The number of ether oxygens (including phenoxy) is 1. The first kappa shape index (κ1) is 19.8. The SMILES string of the molecule is CCc1ccc(OCC(=O)NNC(=O)CNC(=O)C2CCCCC2)cc1. The second-order valence-corrected chi connectivity index (χ2v) is 6.44. The van der Waals surface area contributed by atoms with Crippen LogP contribution in [0.15, 0.2) is 24.3 Å². The minimum atomic E-state index is -0.477. The standard InChI is InChI=1S/C19H27N3O4/c1-2-14-8-10-16(11-9-14)26-13-18(24)22-21-17(23)12-20-19(25)15-6-4-3-5-7-15/h8-11,15H,2-7,12-13H2,1H3,(H,20,25)(H,21,23)(H,22,24). The first-order chi connectivity index (χ1) is 12.6. The zero-order valence-electron chi connectivity index (χ0n) is 15.2. The molecule has 26 heavy (non-hydrogen) atoms. The topological polar surface area (TPSA) is 96.5 Å². The average Bonchev–Trinajstić information content (AvgIpc) is 2.69. The number of benzene rings is 1. The first-order valence-electron chi connectivity index (χ1n) is 9.15. The monoisotopic (exact) mass is 361 g/mol. The summed E-state index contributed by atoms with van der Waals surface area (Å²) in [6.45, 7) is 1.69. The van der Waals surface area contributed by atoms with Crippen LogP contribution < -0.4 is 20.9 Å².